The lowest BCUT2D eigenvalue weighted by Gasteiger charge is -2.32. The predicted octanol–water partition coefficient (Wildman–Crippen LogP) is -0.273. The molecule has 1 aliphatic rings. The average molecular weight is 348 g/mol. The van der Waals surface area contributed by atoms with Crippen molar-refractivity contribution in [2.24, 2.45) is 0 Å². The minimum absolute atomic E-state index is 0.0980. The number of sulfonamides is 1. The minimum Gasteiger partial charge on any atom is -0.479 e. The lowest BCUT2D eigenvalue weighted by molar-refractivity contribution is -0.159. The van der Waals surface area contributed by atoms with Crippen molar-refractivity contribution in [3.05, 3.63) is 17.5 Å². The number of nitrogens with zero attached hydrogens (tertiary/aromatic N) is 1. The van der Waals surface area contributed by atoms with Gasteiger partial charge in [-0.2, -0.15) is 4.72 Å². The summed E-state index contributed by atoms with van der Waals surface area (Å²) < 4.78 is 31.6. The molecule has 0 saturated carbocycles. The van der Waals surface area contributed by atoms with Gasteiger partial charge in [0.1, 0.15) is 4.21 Å². The number of amides is 1. The maximum atomic E-state index is 12.3. The van der Waals surface area contributed by atoms with Gasteiger partial charge in [0.2, 0.25) is 5.91 Å². The van der Waals surface area contributed by atoms with Crippen LogP contribution in [0.3, 0.4) is 0 Å². The maximum absolute atomic E-state index is 12.3. The summed E-state index contributed by atoms with van der Waals surface area (Å²) in [6.45, 7) is 1.67. The summed E-state index contributed by atoms with van der Waals surface area (Å²) in [7, 11) is -3.76. The molecule has 1 aromatic rings. The van der Waals surface area contributed by atoms with Crippen LogP contribution in [0, 0.1) is 0 Å². The van der Waals surface area contributed by atoms with Crippen LogP contribution in [0.25, 0.3) is 0 Å². The maximum Gasteiger partial charge on any atom is 0.334 e. The van der Waals surface area contributed by atoms with E-state index >= 15 is 0 Å². The van der Waals surface area contributed by atoms with Crippen molar-refractivity contribution in [3.63, 3.8) is 0 Å². The van der Waals surface area contributed by atoms with Crippen LogP contribution in [0.4, 0.5) is 0 Å². The number of carboxylic acid groups (broad SMARTS) is 1. The molecule has 2 unspecified atom stereocenters. The highest BCUT2D eigenvalue weighted by Crippen LogP contribution is 2.16. The number of carbonyl (C=O) groups excluding carboxylic acids is 1. The largest absolute Gasteiger partial charge is 0.479 e. The van der Waals surface area contributed by atoms with Crippen LogP contribution < -0.4 is 4.72 Å². The highest BCUT2D eigenvalue weighted by atomic mass is 32.2. The molecular weight excluding hydrogens is 332 g/mol. The molecule has 0 radical (unpaired) electrons. The lowest BCUT2D eigenvalue weighted by atomic mass is 10.2. The van der Waals surface area contributed by atoms with Crippen molar-refractivity contribution in [1.29, 1.82) is 0 Å². The third-order valence-corrected chi connectivity index (χ3v) is 6.05. The minimum atomic E-state index is -3.76. The Bertz CT molecular complexity index is 643. The molecule has 10 heteroatoms. The Balaban J connectivity index is 2.02. The quantitative estimate of drug-likeness (QED) is 0.757. The highest BCUT2D eigenvalue weighted by Gasteiger charge is 2.32. The van der Waals surface area contributed by atoms with Gasteiger partial charge in [0.25, 0.3) is 10.0 Å². The summed E-state index contributed by atoms with van der Waals surface area (Å²) in [6, 6.07) is 2.06. The van der Waals surface area contributed by atoms with Crippen molar-refractivity contribution < 1.29 is 27.9 Å². The summed E-state index contributed by atoms with van der Waals surface area (Å²) in [5.41, 5.74) is 0. The molecule has 0 aliphatic carbocycles. The van der Waals surface area contributed by atoms with Gasteiger partial charge >= 0.3 is 5.97 Å². The van der Waals surface area contributed by atoms with Gasteiger partial charge in [-0.1, -0.05) is 6.07 Å². The Kier molecular flexibility index (Phi) is 5.16. The zero-order valence-electron chi connectivity index (χ0n) is 11.8. The van der Waals surface area contributed by atoms with Crippen molar-refractivity contribution in [2.75, 3.05) is 19.7 Å². The van der Waals surface area contributed by atoms with E-state index < -0.39 is 34.0 Å². The van der Waals surface area contributed by atoms with Crippen LogP contribution in [0.2, 0.25) is 0 Å². The molecule has 0 spiro atoms. The SMILES string of the molecule is CC(NS(=O)(=O)c1cccs1)C(=O)N1CCOC(C(=O)O)C1. The smallest absolute Gasteiger partial charge is 0.334 e. The molecule has 2 N–H and O–H groups in total. The predicted molar refractivity (Wildman–Crippen MR) is 78.1 cm³/mol. The van der Waals surface area contributed by atoms with Gasteiger partial charge in [-0.3, -0.25) is 4.79 Å². The van der Waals surface area contributed by atoms with Gasteiger partial charge < -0.3 is 14.7 Å². The van der Waals surface area contributed by atoms with Gasteiger partial charge in [0, 0.05) is 6.54 Å². The molecule has 2 heterocycles. The monoisotopic (exact) mass is 348 g/mol. The van der Waals surface area contributed by atoms with Gasteiger partial charge in [0.05, 0.1) is 19.2 Å². The first-order valence-corrected chi connectivity index (χ1v) is 8.86. The normalized spacial score (nSPS) is 20.6. The third kappa shape index (κ3) is 3.83. The number of nitrogens with one attached hydrogen (secondary N) is 1. The number of carbonyl (C=O) groups is 2. The first kappa shape index (κ1) is 16.9. The van der Waals surface area contributed by atoms with E-state index in [4.69, 9.17) is 9.84 Å². The number of rotatable bonds is 5. The number of hydrogen-bond donors (Lipinski definition) is 2. The lowest BCUT2D eigenvalue weighted by Crippen LogP contribution is -2.54. The van der Waals surface area contributed by atoms with E-state index in [0.717, 1.165) is 11.3 Å². The van der Waals surface area contributed by atoms with E-state index in [1.807, 2.05) is 0 Å². The Hall–Kier alpha value is -1.49. The zero-order chi connectivity index (χ0) is 16.3. The van der Waals surface area contributed by atoms with E-state index in [9.17, 15) is 18.0 Å². The third-order valence-electron chi connectivity index (χ3n) is 3.12. The van der Waals surface area contributed by atoms with Crippen LogP contribution in [0.5, 0.6) is 0 Å². The number of hydrogen-bond acceptors (Lipinski definition) is 6. The number of ether oxygens (including phenoxy) is 1. The number of thiophene rings is 1. The van der Waals surface area contributed by atoms with Crippen molar-refractivity contribution in [1.82, 2.24) is 9.62 Å². The molecule has 2 atom stereocenters. The number of morpholine rings is 1. The Morgan fingerprint density at radius 1 is 1.55 bits per heavy atom. The summed E-state index contributed by atoms with van der Waals surface area (Å²) >= 11 is 1.05. The van der Waals surface area contributed by atoms with Gasteiger partial charge in [-0.15, -0.1) is 11.3 Å². The Labute approximate surface area is 131 Å². The topological polar surface area (TPSA) is 113 Å². The first-order chi connectivity index (χ1) is 10.3. The fourth-order valence-electron chi connectivity index (χ4n) is 2.03. The average Bonchev–Trinajstić information content (AvgIpc) is 3.01. The van der Waals surface area contributed by atoms with Crippen molar-refractivity contribution in [3.8, 4) is 0 Å². The first-order valence-electron chi connectivity index (χ1n) is 6.50. The van der Waals surface area contributed by atoms with Crippen LogP contribution in [0.1, 0.15) is 6.92 Å². The van der Waals surface area contributed by atoms with Gasteiger partial charge in [-0.25, -0.2) is 13.2 Å². The summed E-state index contributed by atoms with van der Waals surface area (Å²) in [5, 5.41) is 10.5. The van der Waals surface area contributed by atoms with E-state index in [2.05, 4.69) is 4.72 Å². The molecule has 1 aromatic heterocycles. The zero-order valence-corrected chi connectivity index (χ0v) is 13.4. The fraction of sp³-hybridized carbons (Fsp3) is 0.500. The molecule has 1 saturated heterocycles. The Morgan fingerprint density at radius 3 is 2.86 bits per heavy atom. The number of carboxylic acids is 1. The van der Waals surface area contributed by atoms with Crippen LogP contribution in [-0.4, -0.2) is 62.1 Å². The molecular formula is C12H16N2O6S2. The molecule has 1 fully saturated rings. The Morgan fingerprint density at radius 2 is 2.27 bits per heavy atom. The van der Waals surface area contributed by atoms with Gasteiger partial charge in [0.15, 0.2) is 6.10 Å². The molecule has 122 valence electrons. The second-order valence-electron chi connectivity index (χ2n) is 4.76. The standard InChI is InChI=1S/C12H16N2O6S2/c1-8(13-22(18,19)10-3-2-6-21-10)11(15)14-4-5-20-9(7-14)12(16)17/h2-3,6,8-9,13H,4-5,7H2,1H3,(H,16,17). The van der Waals surface area contributed by atoms with Gasteiger partial charge in [-0.05, 0) is 18.4 Å². The summed E-state index contributed by atoms with van der Waals surface area (Å²) in [5.74, 6) is -1.63. The molecule has 22 heavy (non-hydrogen) atoms. The molecule has 1 aliphatic heterocycles. The van der Waals surface area contributed by atoms with E-state index in [1.165, 1.54) is 17.9 Å². The summed E-state index contributed by atoms with van der Waals surface area (Å²) in [6.07, 6.45) is -1.08. The number of aliphatic carboxylic acids is 1. The van der Waals surface area contributed by atoms with Crippen LogP contribution in [-0.2, 0) is 24.3 Å². The molecule has 1 amide bonds. The highest BCUT2D eigenvalue weighted by molar-refractivity contribution is 7.91. The molecule has 0 aromatic carbocycles. The fourth-order valence-corrected chi connectivity index (χ4v) is 4.24. The molecule has 0 bridgehead atoms. The van der Waals surface area contributed by atoms with Crippen molar-refractivity contribution >= 4 is 33.2 Å². The van der Waals surface area contributed by atoms with E-state index in [1.54, 1.807) is 11.4 Å². The second-order valence-corrected chi connectivity index (χ2v) is 7.65. The second kappa shape index (κ2) is 6.73. The van der Waals surface area contributed by atoms with E-state index in [-0.39, 0.29) is 23.9 Å². The van der Waals surface area contributed by atoms with Crippen LogP contribution in [0.15, 0.2) is 21.7 Å². The van der Waals surface area contributed by atoms with Crippen molar-refractivity contribution in [2.45, 2.75) is 23.3 Å². The van der Waals surface area contributed by atoms with Crippen LogP contribution >= 0.6 is 11.3 Å². The summed E-state index contributed by atoms with van der Waals surface area (Å²) in [4.78, 5) is 24.5. The molecule has 8 nitrogen and oxygen atoms in total. The van der Waals surface area contributed by atoms with E-state index in [0.29, 0.717) is 0 Å². The molecule has 2 rings (SSSR count).